The number of benzene rings is 1. The van der Waals surface area contributed by atoms with Gasteiger partial charge in [-0.1, -0.05) is 37.3 Å². The largest absolute Gasteiger partial charge is 0.389 e. The number of hydrogen-bond donors (Lipinski definition) is 1. The van der Waals surface area contributed by atoms with Gasteiger partial charge < -0.3 is 5.73 Å². The zero-order chi connectivity index (χ0) is 14.0. The summed E-state index contributed by atoms with van der Waals surface area (Å²) >= 11 is 4.94. The molecular weight excluding hydrogens is 280 g/mol. The molecule has 0 radical (unpaired) electrons. The minimum atomic E-state index is -3.52. The Bertz CT molecular complexity index is 580. The smallest absolute Gasteiger partial charge is 0.243 e. The van der Waals surface area contributed by atoms with Crippen LogP contribution in [0.2, 0.25) is 0 Å². The lowest BCUT2D eigenvalue weighted by Crippen LogP contribution is -2.34. The molecule has 1 aromatic carbocycles. The highest BCUT2D eigenvalue weighted by molar-refractivity contribution is 7.89. The summed E-state index contributed by atoms with van der Waals surface area (Å²) in [5, 5.41) is 0. The van der Waals surface area contributed by atoms with Crippen LogP contribution in [0, 0.1) is 5.92 Å². The van der Waals surface area contributed by atoms with Crippen LogP contribution in [0.25, 0.3) is 0 Å². The summed E-state index contributed by atoms with van der Waals surface area (Å²) in [6, 6.07) is 6.66. The van der Waals surface area contributed by atoms with Crippen molar-refractivity contribution >= 4 is 27.2 Å². The zero-order valence-corrected chi connectivity index (χ0v) is 12.5. The summed E-state index contributed by atoms with van der Waals surface area (Å²) < 4.78 is 26.8. The topological polar surface area (TPSA) is 63.4 Å². The van der Waals surface area contributed by atoms with Crippen LogP contribution in [0.4, 0.5) is 0 Å². The van der Waals surface area contributed by atoms with Gasteiger partial charge in [0, 0.05) is 18.7 Å². The predicted molar refractivity (Wildman–Crippen MR) is 79.5 cm³/mol. The van der Waals surface area contributed by atoms with Gasteiger partial charge in [0.25, 0.3) is 0 Å². The van der Waals surface area contributed by atoms with Crippen LogP contribution in [-0.2, 0) is 10.0 Å². The number of nitrogens with zero attached hydrogens (tertiary/aromatic N) is 1. The molecule has 1 aliphatic rings. The molecule has 0 aliphatic heterocycles. The first-order chi connectivity index (χ1) is 8.96. The average Bonchev–Trinajstić information content (AvgIpc) is 3.19. The van der Waals surface area contributed by atoms with Gasteiger partial charge in [-0.2, -0.15) is 4.31 Å². The molecule has 0 atom stereocenters. The van der Waals surface area contributed by atoms with Crippen LogP contribution >= 0.6 is 12.2 Å². The molecule has 0 unspecified atom stereocenters. The van der Waals surface area contributed by atoms with E-state index in [2.05, 4.69) is 0 Å². The molecule has 6 heteroatoms. The van der Waals surface area contributed by atoms with Gasteiger partial charge in [0.05, 0.1) is 4.90 Å². The normalized spacial score (nSPS) is 15.7. The Morgan fingerprint density at radius 1 is 1.42 bits per heavy atom. The first-order valence-corrected chi connectivity index (χ1v) is 8.20. The van der Waals surface area contributed by atoms with Gasteiger partial charge >= 0.3 is 0 Å². The molecule has 0 bridgehead atoms. The Morgan fingerprint density at radius 3 is 2.58 bits per heavy atom. The summed E-state index contributed by atoms with van der Waals surface area (Å²) in [6.07, 6.45) is 2.23. The second-order valence-electron chi connectivity index (χ2n) is 4.76. The molecule has 0 aromatic heterocycles. The van der Waals surface area contributed by atoms with E-state index in [-0.39, 0.29) is 9.88 Å². The molecule has 0 saturated heterocycles. The van der Waals surface area contributed by atoms with Crippen molar-refractivity contribution in [2.45, 2.75) is 24.7 Å². The first-order valence-electron chi connectivity index (χ1n) is 6.35. The van der Waals surface area contributed by atoms with Gasteiger partial charge in [-0.3, -0.25) is 0 Å². The van der Waals surface area contributed by atoms with E-state index in [4.69, 9.17) is 18.0 Å². The lowest BCUT2D eigenvalue weighted by Gasteiger charge is -2.21. The van der Waals surface area contributed by atoms with Gasteiger partial charge in [0.1, 0.15) is 4.99 Å². The highest BCUT2D eigenvalue weighted by Crippen LogP contribution is 2.32. The first kappa shape index (κ1) is 14.4. The van der Waals surface area contributed by atoms with Gasteiger partial charge in [0.2, 0.25) is 10.0 Å². The van der Waals surface area contributed by atoms with Crippen molar-refractivity contribution in [2.75, 3.05) is 13.1 Å². The van der Waals surface area contributed by atoms with E-state index in [1.165, 1.54) is 4.31 Å². The van der Waals surface area contributed by atoms with Crippen molar-refractivity contribution in [1.29, 1.82) is 0 Å². The predicted octanol–water partition coefficient (Wildman–Crippen LogP) is 1.74. The van der Waals surface area contributed by atoms with E-state index in [0.717, 1.165) is 12.8 Å². The Balaban J connectivity index is 2.39. The Kier molecular flexibility index (Phi) is 4.23. The maximum atomic E-state index is 12.7. The molecule has 1 saturated carbocycles. The Labute approximate surface area is 119 Å². The molecule has 19 heavy (non-hydrogen) atoms. The quantitative estimate of drug-likeness (QED) is 0.813. The summed E-state index contributed by atoms with van der Waals surface area (Å²) in [5.74, 6) is 0.506. The fraction of sp³-hybridized carbons (Fsp3) is 0.462. The highest BCUT2D eigenvalue weighted by Gasteiger charge is 2.32. The van der Waals surface area contributed by atoms with Crippen LogP contribution in [-0.4, -0.2) is 30.8 Å². The number of rotatable bonds is 6. The van der Waals surface area contributed by atoms with Crippen LogP contribution in [0.5, 0.6) is 0 Å². The van der Waals surface area contributed by atoms with Crippen molar-refractivity contribution in [3.8, 4) is 0 Å². The van der Waals surface area contributed by atoms with Crippen molar-refractivity contribution in [2.24, 2.45) is 11.7 Å². The number of hydrogen-bond acceptors (Lipinski definition) is 3. The molecule has 4 nitrogen and oxygen atoms in total. The molecule has 0 spiro atoms. The molecule has 1 fully saturated rings. The van der Waals surface area contributed by atoms with Crippen molar-refractivity contribution < 1.29 is 8.42 Å². The van der Waals surface area contributed by atoms with E-state index in [1.54, 1.807) is 24.3 Å². The lowest BCUT2D eigenvalue weighted by molar-refractivity contribution is 0.412. The van der Waals surface area contributed by atoms with E-state index in [1.807, 2.05) is 6.92 Å². The second kappa shape index (κ2) is 5.56. The molecule has 1 aliphatic carbocycles. The van der Waals surface area contributed by atoms with Gasteiger partial charge in [-0.15, -0.1) is 0 Å². The van der Waals surface area contributed by atoms with E-state index in [0.29, 0.717) is 24.6 Å². The Morgan fingerprint density at radius 2 is 2.05 bits per heavy atom. The van der Waals surface area contributed by atoms with Crippen LogP contribution in [0.1, 0.15) is 25.3 Å². The standard InChI is InChI=1S/C13H18N2O2S2/c1-2-15(9-10-7-8-10)19(16,17)12-6-4-3-5-11(12)13(14)18/h3-6,10H,2,7-9H2,1H3,(H2,14,18). The molecular formula is C13H18N2O2S2. The number of sulfonamides is 1. The molecule has 104 valence electrons. The third kappa shape index (κ3) is 3.13. The SMILES string of the molecule is CCN(CC1CC1)S(=O)(=O)c1ccccc1C(N)=S. The Hall–Kier alpha value is -0.980. The summed E-state index contributed by atoms with van der Waals surface area (Å²) in [5.41, 5.74) is 6.04. The van der Waals surface area contributed by atoms with Crippen molar-refractivity contribution in [3.63, 3.8) is 0 Å². The third-order valence-electron chi connectivity index (χ3n) is 3.28. The molecule has 0 heterocycles. The summed E-state index contributed by atoms with van der Waals surface area (Å²) in [4.78, 5) is 0.326. The second-order valence-corrected chi connectivity index (χ2v) is 7.11. The third-order valence-corrected chi connectivity index (χ3v) is 5.50. The highest BCUT2D eigenvalue weighted by atomic mass is 32.2. The maximum absolute atomic E-state index is 12.7. The monoisotopic (exact) mass is 298 g/mol. The zero-order valence-electron chi connectivity index (χ0n) is 10.9. The summed E-state index contributed by atoms with van der Waals surface area (Å²) in [6.45, 7) is 2.90. The van der Waals surface area contributed by atoms with Crippen molar-refractivity contribution in [1.82, 2.24) is 4.31 Å². The van der Waals surface area contributed by atoms with Gasteiger partial charge in [0.15, 0.2) is 0 Å². The van der Waals surface area contributed by atoms with E-state index in [9.17, 15) is 8.42 Å². The minimum absolute atomic E-state index is 0.113. The van der Waals surface area contributed by atoms with Crippen LogP contribution in [0.3, 0.4) is 0 Å². The molecule has 0 amide bonds. The lowest BCUT2D eigenvalue weighted by atomic mass is 10.2. The molecule has 2 rings (SSSR count). The fourth-order valence-corrected chi connectivity index (χ4v) is 3.99. The number of nitrogens with two attached hydrogens (primary N) is 1. The number of thiocarbonyl (C=S) groups is 1. The maximum Gasteiger partial charge on any atom is 0.243 e. The summed E-state index contributed by atoms with van der Waals surface area (Å²) in [7, 11) is -3.52. The van der Waals surface area contributed by atoms with E-state index < -0.39 is 10.0 Å². The van der Waals surface area contributed by atoms with Crippen molar-refractivity contribution in [3.05, 3.63) is 29.8 Å². The van der Waals surface area contributed by atoms with Crippen LogP contribution < -0.4 is 5.73 Å². The molecule has 2 N–H and O–H groups in total. The minimum Gasteiger partial charge on any atom is -0.389 e. The van der Waals surface area contributed by atoms with Gasteiger partial charge in [-0.05, 0) is 24.8 Å². The average molecular weight is 298 g/mol. The van der Waals surface area contributed by atoms with Crippen LogP contribution in [0.15, 0.2) is 29.2 Å². The molecule has 1 aromatic rings. The van der Waals surface area contributed by atoms with Gasteiger partial charge in [-0.25, -0.2) is 8.42 Å². The fourth-order valence-electron chi connectivity index (χ4n) is 2.02. The van der Waals surface area contributed by atoms with E-state index >= 15 is 0 Å².